The van der Waals surface area contributed by atoms with E-state index in [4.69, 9.17) is 23.7 Å². The number of rotatable bonds is 10. The van der Waals surface area contributed by atoms with E-state index in [-0.39, 0.29) is 12.4 Å². The Hall–Kier alpha value is -3.38. The molecule has 0 unspecified atom stereocenters. The van der Waals surface area contributed by atoms with Crippen molar-refractivity contribution in [2.75, 3.05) is 35.0 Å². The molecule has 1 aromatic heterocycles. The van der Waals surface area contributed by atoms with Gasteiger partial charge in [-0.3, -0.25) is 0 Å². The van der Waals surface area contributed by atoms with Crippen LogP contribution in [0.3, 0.4) is 0 Å². The van der Waals surface area contributed by atoms with Crippen molar-refractivity contribution in [2.45, 2.75) is 6.54 Å². The standard InChI is InChI=1S/C25H28NO5.ClH/c1-27-21-11-10-19(16-22(21)31-15-14-26-12-6-5-7-13-26)8-9-20-17-23(28-2)25(30-4)24(18-20)29-3;/h5-13,16-18H,14-15H2,1-4H3;1H/q+1;/p-1/b9-8-;. The minimum atomic E-state index is 0. The number of halogens is 1. The van der Waals surface area contributed by atoms with E-state index in [9.17, 15) is 0 Å². The summed E-state index contributed by atoms with van der Waals surface area (Å²) >= 11 is 0. The Balaban J connectivity index is 0.00000363. The highest BCUT2D eigenvalue weighted by molar-refractivity contribution is 5.73. The first-order valence-corrected chi connectivity index (χ1v) is 9.91. The molecule has 1 heterocycles. The summed E-state index contributed by atoms with van der Waals surface area (Å²) < 4.78 is 29.7. The van der Waals surface area contributed by atoms with Gasteiger partial charge in [0.25, 0.3) is 0 Å². The lowest BCUT2D eigenvalue weighted by atomic mass is 10.1. The van der Waals surface area contributed by atoms with Crippen LogP contribution in [0.15, 0.2) is 60.9 Å². The van der Waals surface area contributed by atoms with Gasteiger partial charge in [-0.05, 0) is 35.4 Å². The predicted octanol–water partition coefficient (Wildman–Crippen LogP) is 1.26. The van der Waals surface area contributed by atoms with Crippen molar-refractivity contribution in [1.82, 2.24) is 0 Å². The van der Waals surface area contributed by atoms with Gasteiger partial charge >= 0.3 is 0 Å². The number of ether oxygens (including phenoxy) is 5. The smallest absolute Gasteiger partial charge is 0.203 e. The lowest BCUT2D eigenvalue weighted by molar-refractivity contribution is -0.697. The maximum atomic E-state index is 5.99. The van der Waals surface area contributed by atoms with Crippen LogP contribution in [0.1, 0.15) is 11.1 Å². The number of aromatic nitrogens is 1. The van der Waals surface area contributed by atoms with Gasteiger partial charge in [0.15, 0.2) is 41.9 Å². The van der Waals surface area contributed by atoms with Gasteiger partial charge in [-0.1, -0.05) is 24.3 Å². The van der Waals surface area contributed by atoms with E-state index < -0.39 is 0 Å². The molecule has 0 saturated heterocycles. The zero-order valence-corrected chi connectivity index (χ0v) is 19.5. The topological polar surface area (TPSA) is 50.0 Å². The van der Waals surface area contributed by atoms with E-state index in [0.717, 1.165) is 17.7 Å². The molecule has 32 heavy (non-hydrogen) atoms. The normalized spacial score (nSPS) is 10.4. The van der Waals surface area contributed by atoms with E-state index in [1.165, 1.54) is 0 Å². The first-order valence-electron chi connectivity index (χ1n) is 9.91. The van der Waals surface area contributed by atoms with Crippen LogP contribution in [-0.2, 0) is 6.54 Å². The fourth-order valence-corrected chi connectivity index (χ4v) is 3.14. The molecular formula is C25H28ClNO5. The molecule has 0 radical (unpaired) electrons. The van der Waals surface area contributed by atoms with Crippen molar-refractivity contribution >= 4 is 12.2 Å². The van der Waals surface area contributed by atoms with E-state index in [1.54, 1.807) is 28.4 Å². The zero-order valence-electron chi connectivity index (χ0n) is 18.7. The third-order valence-electron chi connectivity index (χ3n) is 4.73. The molecule has 0 amide bonds. The second-order valence-corrected chi connectivity index (χ2v) is 6.66. The summed E-state index contributed by atoms with van der Waals surface area (Å²) in [5.74, 6) is 3.19. The summed E-state index contributed by atoms with van der Waals surface area (Å²) in [5.41, 5.74) is 1.91. The Kier molecular flexibility index (Phi) is 9.70. The average molecular weight is 458 g/mol. The van der Waals surface area contributed by atoms with E-state index in [1.807, 2.05) is 73.1 Å². The number of pyridine rings is 1. The van der Waals surface area contributed by atoms with E-state index >= 15 is 0 Å². The van der Waals surface area contributed by atoms with Crippen molar-refractivity contribution in [3.8, 4) is 28.7 Å². The third kappa shape index (κ3) is 6.31. The number of hydrogen-bond donors (Lipinski definition) is 0. The highest BCUT2D eigenvalue weighted by Crippen LogP contribution is 2.38. The number of nitrogens with zero attached hydrogens (tertiary/aromatic N) is 1. The molecule has 7 heteroatoms. The Bertz CT molecular complexity index is 999. The molecule has 3 rings (SSSR count). The first-order chi connectivity index (χ1) is 15.2. The van der Waals surface area contributed by atoms with E-state index in [0.29, 0.717) is 35.4 Å². The summed E-state index contributed by atoms with van der Waals surface area (Å²) in [5, 5.41) is 0. The molecule has 6 nitrogen and oxygen atoms in total. The molecule has 0 aliphatic heterocycles. The Morgan fingerprint density at radius 2 is 1.28 bits per heavy atom. The van der Waals surface area contributed by atoms with Crippen molar-refractivity contribution in [1.29, 1.82) is 0 Å². The van der Waals surface area contributed by atoms with Gasteiger partial charge in [0.2, 0.25) is 5.75 Å². The second kappa shape index (κ2) is 12.5. The van der Waals surface area contributed by atoms with Crippen molar-refractivity contribution in [3.05, 3.63) is 72.1 Å². The van der Waals surface area contributed by atoms with Crippen molar-refractivity contribution in [2.24, 2.45) is 0 Å². The molecule has 0 saturated carbocycles. The monoisotopic (exact) mass is 457 g/mol. The predicted molar refractivity (Wildman–Crippen MR) is 120 cm³/mol. The molecule has 0 N–H and O–H groups in total. The fraction of sp³-hybridized carbons (Fsp3) is 0.240. The number of benzene rings is 2. The number of hydrogen-bond acceptors (Lipinski definition) is 5. The van der Waals surface area contributed by atoms with Crippen LogP contribution >= 0.6 is 0 Å². The summed E-state index contributed by atoms with van der Waals surface area (Å²) in [4.78, 5) is 0. The van der Waals surface area contributed by atoms with Gasteiger partial charge < -0.3 is 36.1 Å². The lowest BCUT2D eigenvalue weighted by Crippen LogP contribution is -3.00. The maximum absolute atomic E-state index is 5.99. The van der Waals surface area contributed by atoms with Crippen molar-refractivity contribution < 1.29 is 40.7 Å². The first kappa shape index (κ1) is 24.9. The Morgan fingerprint density at radius 1 is 0.688 bits per heavy atom. The molecular weight excluding hydrogens is 430 g/mol. The van der Waals surface area contributed by atoms with Gasteiger partial charge in [0.05, 0.1) is 28.4 Å². The molecule has 0 atom stereocenters. The minimum Gasteiger partial charge on any atom is -1.00 e. The molecule has 0 bridgehead atoms. The fourth-order valence-electron chi connectivity index (χ4n) is 3.14. The summed E-state index contributed by atoms with van der Waals surface area (Å²) in [7, 11) is 6.43. The summed E-state index contributed by atoms with van der Waals surface area (Å²) in [6, 6.07) is 15.6. The summed E-state index contributed by atoms with van der Waals surface area (Å²) in [6.45, 7) is 1.28. The van der Waals surface area contributed by atoms with Crippen LogP contribution in [-0.4, -0.2) is 35.0 Å². The Morgan fingerprint density at radius 3 is 1.88 bits per heavy atom. The maximum Gasteiger partial charge on any atom is 0.203 e. The molecule has 170 valence electrons. The lowest BCUT2D eigenvalue weighted by Gasteiger charge is -2.13. The highest BCUT2D eigenvalue weighted by Gasteiger charge is 2.12. The van der Waals surface area contributed by atoms with Gasteiger partial charge in [0, 0.05) is 12.1 Å². The van der Waals surface area contributed by atoms with Gasteiger partial charge in [-0.25, -0.2) is 4.57 Å². The molecule has 0 aliphatic rings. The van der Waals surface area contributed by atoms with Gasteiger partial charge in [0.1, 0.15) is 6.61 Å². The third-order valence-corrected chi connectivity index (χ3v) is 4.73. The average Bonchev–Trinajstić information content (AvgIpc) is 2.82. The second-order valence-electron chi connectivity index (χ2n) is 6.66. The Labute approximate surface area is 195 Å². The van der Waals surface area contributed by atoms with Crippen LogP contribution < -0.4 is 40.7 Å². The van der Waals surface area contributed by atoms with Crippen LogP contribution in [0.2, 0.25) is 0 Å². The van der Waals surface area contributed by atoms with Crippen LogP contribution in [0.25, 0.3) is 12.2 Å². The highest BCUT2D eigenvalue weighted by atomic mass is 35.5. The largest absolute Gasteiger partial charge is 1.00 e. The molecule has 0 fully saturated rings. The van der Waals surface area contributed by atoms with Crippen LogP contribution in [0.4, 0.5) is 0 Å². The van der Waals surface area contributed by atoms with Gasteiger partial charge in [-0.2, -0.15) is 0 Å². The van der Waals surface area contributed by atoms with Crippen LogP contribution in [0, 0.1) is 0 Å². The molecule has 0 aliphatic carbocycles. The molecule has 3 aromatic rings. The van der Waals surface area contributed by atoms with Gasteiger partial charge in [-0.15, -0.1) is 0 Å². The van der Waals surface area contributed by atoms with Crippen molar-refractivity contribution in [3.63, 3.8) is 0 Å². The minimum absolute atomic E-state index is 0. The summed E-state index contributed by atoms with van der Waals surface area (Å²) in [6.07, 6.45) is 8.00. The van der Waals surface area contributed by atoms with Crippen LogP contribution in [0.5, 0.6) is 28.7 Å². The zero-order chi connectivity index (χ0) is 22.1. The SMILES string of the molecule is COc1ccc(/C=C\c2cc(OC)c(OC)c(OC)c2)cc1OCC[n+]1ccccc1.[Cl-]. The molecule has 2 aromatic carbocycles. The molecule has 0 spiro atoms. The van der Waals surface area contributed by atoms with E-state index in [2.05, 4.69) is 4.57 Å². The number of methoxy groups -OCH3 is 4. The quantitative estimate of drug-likeness (QED) is 0.339.